The number of nitrogens with zero attached hydrogens (tertiary/aromatic N) is 4. The van der Waals surface area contributed by atoms with Crippen molar-refractivity contribution in [1.29, 1.82) is 0 Å². The van der Waals surface area contributed by atoms with Gasteiger partial charge in [0.1, 0.15) is 4.90 Å². The molecule has 1 N–H and O–H groups in total. The number of hydrogen-bond donors (Lipinski definition) is 1. The third-order valence-corrected chi connectivity index (χ3v) is 6.10. The first-order valence-corrected chi connectivity index (χ1v) is 9.20. The summed E-state index contributed by atoms with van der Waals surface area (Å²) < 4.78 is 30.6. The summed E-state index contributed by atoms with van der Waals surface area (Å²) in [6.07, 6.45) is 1.97. The summed E-state index contributed by atoms with van der Waals surface area (Å²) in [6, 6.07) is 0.0406. The fraction of sp³-hybridized carbons (Fsp3) is 0.571. The van der Waals surface area contributed by atoms with Gasteiger partial charge in [0.25, 0.3) is 0 Å². The van der Waals surface area contributed by atoms with Crippen LogP contribution in [-0.2, 0) is 17.1 Å². The normalized spacial score (nSPS) is 13.5. The van der Waals surface area contributed by atoms with E-state index in [1.165, 1.54) is 10.9 Å². The van der Waals surface area contributed by atoms with Crippen LogP contribution in [0.3, 0.4) is 0 Å². The zero-order valence-corrected chi connectivity index (χ0v) is 15.5. The number of nitrogens with one attached hydrogen (secondary N) is 1. The smallest absolute Gasteiger partial charge is 0.243 e. The summed E-state index contributed by atoms with van der Waals surface area (Å²) in [6.45, 7) is 7.78. The van der Waals surface area contributed by atoms with Gasteiger partial charge in [0, 0.05) is 13.6 Å². The average Bonchev–Trinajstić information content (AvgIpc) is 2.94. The summed E-state index contributed by atoms with van der Waals surface area (Å²) in [5.41, 5.74) is 2.28. The van der Waals surface area contributed by atoms with Gasteiger partial charge in [-0.2, -0.15) is 10.2 Å². The van der Waals surface area contributed by atoms with Gasteiger partial charge in [-0.25, -0.2) is 13.1 Å². The predicted molar refractivity (Wildman–Crippen MR) is 89.2 cm³/mol. The lowest BCUT2D eigenvalue weighted by molar-refractivity contribution is 0.446. The topological polar surface area (TPSA) is 81.8 Å². The first-order valence-electron chi connectivity index (χ1n) is 7.34. The Balaban J connectivity index is 2.01. The van der Waals surface area contributed by atoms with Crippen molar-refractivity contribution < 1.29 is 8.42 Å². The molecule has 0 saturated heterocycles. The average molecular weight is 360 g/mol. The van der Waals surface area contributed by atoms with Gasteiger partial charge >= 0.3 is 0 Å². The second-order valence-electron chi connectivity index (χ2n) is 5.68. The molecule has 2 aromatic rings. The largest absolute Gasteiger partial charge is 0.272 e. The Labute approximate surface area is 141 Å². The summed E-state index contributed by atoms with van der Waals surface area (Å²) >= 11 is 6.14. The molecule has 0 fully saturated rings. The molecule has 2 heterocycles. The van der Waals surface area contributed by atoms with Crippen LogP contribution in [0.2, 0.25) is 5.02 Å². The van der Waals surface area contributed by atoms with Crippen molar-refractivity contribution in [2.75, 3.05) is 6.54 Å². The van der Waals surface area contributed by atoms with E-state index >= 15 is 0 Å². The molecule has 0 aliphatic heterocycles. The molecular formula is C14H22ClN5O2S. The van der Waals surface area contributed by atoms with E-state index < -0.39 is 10.0 Å². The number of aromatic nitrogens is 4. The predicted octanol–water partition coefficient (Wildman–Crippen LogP) is 2.12. The van der Waals surface area contributed by atoms with Gasteiger partial charge < -0.3 is 0 Å². The molecule has 0 aliphatic carbocycles. The Morgan fingerprint density at radius 3 is 2.43 bits per heavy atom. The van der Waals surface area contributed by atoms with Gasteiger partial charge in [0.2, 0.25) is 10.0 Å². The molecule has 0 saturated carbocycles. The lowest BCUT2D eigenvalue weighted by Crippen LogP contribution is -2.27. The molecular weight excluding hydrogens is 338 g/mol. The molecule has 23 heavy (non-hydrogen) atoms. The second-order valence-corrected chi connectivity index (χ2v) is 7.80. The van der Waals surface area contributed by atoms with Crippen molar-refractivity contribution >= 4 is 21.6 Å². The number of halogens is 1. The van der Waals surface area contributed by atoms with Crippen LogP contribution in [0.15, 0.2) is 11.1 Å². The van der Waals surface area contributed by atoms with Gasteiger partial charge in [-0.1, -0.05) is 11.6 Å². The van der Waals surface area contributed by atoms with E-state index in [0.29, 0.717) is 23.7 Å². The maximum absolute atomic E-state index is 12.3. The Hall–Kier alpha value is -1.38. The first-order chi connectivity index (χ1) is 10.6. The van der Waals surface area contributed by atoms with Gasteiger partial charge in [-0.15, -0.1) is 0 Å². The fourth-order valence-corrected chi connectivity index (χ4v) is 3.79. The monoisotopic (exact) mass is 359 g/mol. The van der Waals surface area contributed by atoms with Gasteiger partial charge in [0.15, 0.2) is 0 Å². The van der Waals surface area contributed by atoms with E-state index in [2.05, 4.69) is 14.9 Å². The van der Waals surface area contributed by atoms with E-state index in [9.17, 15) is 8.42 Å². The van der Waals surface area contributed by atoms with E-state index in [1.807, 2.05) is 25.5 Å². The van der Waals surface area contributed by atoms with E-state index in [0.717, 1.165) is 11.4 Å². The van der Waals surface area contributed by atoms with Crippen molar-refractivity contribution in [3.05, 3.63) is 28.3 Å². The highest BCUT2D eigenvalue weighted by Crippen LogP contribution is 2.23. The summed E-state index contributed by atoms with van der Waals surface area (Å²) in [5, 5.41) is 9.02. The Morgan fingerprint density at radius 2 is 1.96 bits per heavy atom. The molecule has 0 amide bonds. The molecule has 0 aromatic carbocycles. The molecule has 0 unspecified atom stereocenters. The molecule has 0 aliphatic rings. The zero-order chi connectivity index (χ0) is 17.4. The maximum atomic E-state index is 12.3. The highest BCUT2D eigenvalue weighted by atomic mass is 35.5. The first kappa shape index (κ1) is 18.0. The fourth-order valence-electron chi connectivity index (χ4n) is 2.42. The molecule has 0 bridgehead atoms. The molecule has 2 rings (SSSR count). The number of aryl methyl sites for hydroxylation is 2. The van der Waals surface area contributed by atoms with Crippen molar-refractivity contribution in [2.24, 2.45) is 7.05 Å². The van der Waals surface area contributed by atoms with Crippen LogP contribution in [0, 0.1) is 20.8 Å². The van der Waals surface area contributed by atoms with Crippen LogP contribution in [0.25, 0.3) is 0 Å². The second kappa shape index (κ2) is 6.62. The Kier molecular flexibility index (Phi) is 5.17. The van der Waals surface area contributed by atoms with Crippen LogP contribution in [0.1, 0.15) is 36.5 Å². The SMILES string of the molecule is Cc1nn([C@H](C)CCNS(=O)(=O)c2cnn(C)c2C)c(C)c1Cl. The summed E-state index contributed by atoms with van der Waals surface area (Å²) in [5.74, 6) is 0. The van der Waals surface area contributed by atoms with Crippen LogP contribution in [0.5, 0.6) is 0 Å². The van der Waals surface area contributed by atoms with Gasteiger partial charge in [-0.3, -0.25) is 9.36 Å². The summed E-state index contributed by atoms with van der Waals surface area (Å²) in [7, 11) is -1.84. The summed E-state index contributed by atoms with van der Waals surface area (Å²) in [4.78, 5) is 0.210. The van der Waals surface area contributed by atoms with Crippen molar-refractivity contribution in [1.82, 2.24) is 24.3 Å². The quantitative estimate of drug-likeness (QED) is 0.856. The minimum Gasteiger partial charge on any atom is -0.272 e. The third-order valence-electron chi connectivity index (χ3n) is 3.99. The molecule has 9 heteroatoms. The number of hydrogen-bond acceptors (Lipinski definition) is 4. The lowest BCUT2D eigenvalue weighted by atomic mass is 10.2. The molecule has 0 radical (unpaired) electrons. The molecule has 1 atom stereocenters. The molecule has 2 aromatic heterocycles. The zero-order valence-electron chi connectivity index (χ0n) is 14.0. The minimum absolute atomic E-state index is 0.0406. The Bertz CT molecular complexity index is 809. The van der Waals surface area contributed by atoms with E-state index in [1.54, 1.807) is 14.0 Å². The van der Waals surface area contributed by atoms with Crippen molar-refractivity contribution in [3.8, 4) is 0 Å². The van der Waals surface area contributed by atoms with E-state index in [4.69, 9.17) is 11.6 Å². The maximum Gasteiger partial charge on any atom is 0.243 e. The molecule has 7 nitrogen and oxygen atoms in total. The highest BCUT2D eigenvalue weighted by molar-refractivity contribution is 7.89. The number of rotatable bonds is 6. The third kappa shape index (κ3) is 3.59. The van der Waals surface area contributed by atoms with Crippen LogP contribution >= 0.6 is 11.6 Å². The lowest BCUT2D eigenvalue weighted by Gasteiger charge is -2.14. The van der Waals surface area contributed by atoms with Crippen LogP contribution < -0.4 is 4.72 Å². The Morgan fingerprint density at radius 1 is 1.30 bits per heavy atom. The van der Waals surface area contributed by atoms with Crippen molar-refractivity contribution in [2.45, 2.75) is 45.1 Å². The standard InChI is InChI=1S/C14H22ClN5O2S/c1-9(20-12(4)14(15)10(2)18-20)6-7-17-23(21,22)13-8-16-19(5)11(13)3/h8-9,17H,6-7H2,1-5H3/t9-/m1/s1. The van der Waals surface area contributed by atoms with E-state index in [-0.39, 0.29) is 10.9 Å². The highest BCUT2D eigenvalue weighted by Gasteiger charge is 2.20. The molecule has 128 valence electrons. The van der Waals surface area contributed by atoms with Crippen molar-refractivity contribution in [3.63, 3.8) is 0 Å². The van der Waals surface area contributed by atoms with Gasteiger partial charge in [-0.05, 0) is 34.1 Å². The van der Waals surface area contributed by atoms with Crippen LogP contribution in [-0.4, -0.2) is 34.5 Å². The minimum atomic E-state index is -3.55. The number of sulfonamides is 1. The van der Waals surface area contributed by atoms with Gasteiger partial charge in [0.05, 0.1) is 34.3 Å². The molecule has 0 spiro atoms. The van der Waals surface area contributed by atoms with Crippen LogP contribution in [0.4, 0.5) is 0 Å².